The molecule has 1 amide bonds. The maximum Gasteiger partial charge on any atom is 0.323 e. The van der Waals surface area contributed by atoms with E-state index in [4.69, 9.17) is 5.11 Å². The minimum Gasteiger partial charge on any atom is -0.480 e. The summed E-state index contributed by atoms with van der Waals surface area (Å²) in [7, 11) is -2.35. The fraction of sp³-hybridized carbons (Fsp3) is 0.333. The maximum absolute atomic E-state index is 12.0. The van der Waals surface area contributed by atoms with Crippen molar-refractivity contribution in [1.82, 2.24) is 9.62 Å². The summed E-state index contributed by atoms with van der Waals surface area (Å²) < 4.78 is 26.9. The number of nitrogens with zero attached hydrogens (tertiary/aromatic N) is 1. The minimum atomic E-state index is -3.69. The third kappa shape index (κ3) is 5.82. The number of rotatable bonds is 7. The molecule has 1 rings (SSSR count). The summed E-state index contributed by atoms with van der Waals surface area (Å²) in [5.41, 5.74) is 0. The Bertz CT molecular complexity index is 632. The number of nitrogens with one attached hydrogen (secondary N) is 1. The van der Waals surface area contributed by atoms with E-state index in [1.54, 1.807) is 12.1 Å². The van der Waals surface area contributed by atoms with E-state index < -0.39 is 28.4 Å². The van der Waals surface area contributed by atoms with Crippen LogP contribution in [-0.2, 0) is 19.6 Å². The molecule has 0 spiro atoms. The number of sulfonamides is 1. The molecular formula is C12H15BrN2O5S. The summed E-state index contributed by atoms with van der Waals surface area (Å²) in [5.74, 6) is -1.57. The van der Waals surface area contributed by atoms with Gasteiger partial charge in [0, 0.05) is 24.5 Å². The van der Waals surface area contributed by atoms with Gasteiger partial charge in [-0.1, -0.05) is 22.0 Å². The largest absolute Gasteiger partial charge is 0.480 e. The highest BCUT2D eigenvalue weighted by Crippen LogP contribution is 2.15. The lowest BCUT2D eigenvalue weighted by Crippen LogP contribution is -2.35. The van der Waals surface area contributed by atoms with Gasteiger partial charge in [-0.2, -0.15) is 0 Å². The van der Waals surface area contributed by atoms with Gasteiger partial charge in [-0.15, -0.1) is 0 Å². The van der Waals surface area contributed by atoms with Crippen LogP contribution >= 0.6 is 15.9 Å². The topological polar surface area (TPSA) is 104 Å². The van der Waals surface area contributed by atoms with E-state index >= 15 is 0 Å². The van der Waals surface area contributed by atoms with Gasteiger partial charge >= 0.3 is 5.97 Å². The van der Waals surface area contributed by atoms with Crippen LogP contribution in [0.5, 0.6) is 0 Å². The highest BCUT2D eigenvalue weighted by molar-refractivity contribution is 9.10. The first-order valence-electron chi connectivity index (χ1n) is 5.93. The van der Waals surface area contributed by atoms with Gasteiger partial charge in [0.25, 0.3) is 0 Å². The molecular weight excluding hydrogens is 364 g/mol. The molecule has 116 valence electrons. The van der Waals surface area contributed by atoms with Crippen LogP contribution in [0.4, 0.5) is 0 Å². The Kier molecular flexibility index (Phi) is 6.31. The molecule has 0 atom stereocenters. The predicted octanol–water partition coefficient (Wildman–Crippen LogP) is 0.661. The molecule has 9 heteroatoms. The van der Waals surface area contributed by atoms with Crippen LogP contribution in [0.1, 0.15) is 6.42 Å². The van der Waals surface area contributed by atoms with Crippen molar-refractivity contribution in [3.05, 3.63) is 28.7 Å². The van der Waals surface area contributed by atoms with Gasteiger partial charge in [0.15, 0.2) is 0 Å². The molecule has 1 aromatic rings. The summed E-state index contributed by atoms with van der Waals surface area (Å²) in [6.07, 6.45) is -0.114. The van der Waals surface area contributed by atoms with Gasteiger partial charge in [-0.05, 0) is 18.2 Å². The number of likely N-dealkylation sites (N-methyl/N-ethyl adjacent to an activating group) is 1. The van der Waals surface area contributed by atoms with E-state index in [9.17, 15) is 18.0 Å². The predicted molar refractivity (Wildman–Crippen MR) is 79.2 cm³/mol. The Hall–Kier alpha value is -1.45. The Morgan fingerprint density at radius 3 is 2.62 bits per heavy atom. The summed E-state index contributed by atoms with van der Waals surface area (Å²) in [6.45, 7) is -0.519. The molecule has 0 radical (unpaired) electrons. The first kappa shape index (κ1) is 17.6. The number of aliphatic carboxylic acids is 1. The molecule has 1 aromatic carbocycles. The van der Waals surface area contributed by atoms with Crippen LogP contribution in [0, 0.1) is 0 Å². The van der Waals surface area contributed by atoms with E-state index in [1.807, 2.05) is 0 Å². The molecule has 0 saturated carbocycles. The quantitative estimate of drug-likeness (QED) is 0.725. The molecule has 0 fully saturated rings. The fourth-order valence-corrected chi connectivity index (χ4v) is 3.12. The first-order valence-corrected chi connectivity index (χ1v) is 8.21. The second kappa shape index (κ2) is 7.53. The third-order valence-corrected chi connectivity index (χ3v) is 4.49. The molecule has 0 aliphatic carbocycles. The number of carbonyl (C=O) groups is 2. The van der Waals surface area contributed by atoms with Gasteiger partial charge in [0.1, 0.15) is 6.54 Å². The number of carboxylic acids is 1. The Balaban J connectivity index is 2.55. The van der Waals surface area contributed by atoms with Gasteiger partial charge in [-0.25, -0.2) is 13.1 Å². The zero-order valence-electron chi connectivity index (χ0n) is 11.2. The van der Waals surface area contributed by atoms with Crippen molar-refractivity contribution in [1.29, 1.82) is 0 Å². The zero-order valence-corrected chi connectivity index (χ0v) is 13.6. The molecule has 0 aromatic heterocycles. The number of hydrogen-bond donors (Lipinski definition) is 2. The summed E-state index contributed by atoms with van der Waals surface area (Å²) in [4.78, 5) is 23.1. The number of carbonyl (C=O) groups excluding carboxylic acids is 1. The van der Waals surface area contributed by atoms with Crippen molar-refractivity contribution < 1.29 is 23.1 Å². The van der Waals surface area contributed by atoms with E-state index in [0.717, 1.165) is 4.90 Å². The highest BCUT2D eigenvalue weighted by atomic mass is 79.9. The van der Waals surface area contributed by atoms with Gasteiger partial charge in [-0.3, -0.25) is 9.59 Å². The van der Waals surface area contributed by atoms with E-state index in [1.165, 1.54) is 19.2 Å². The van der Waals surface area contributed by atoms with Crippen molar-refractivity contribution in [2.24, 2.45) is 0 Å². The van der Waals surface area contributed by atoms with Crippen LogP contribution in [-0.4, -0.2) is 50.4 Å². The van der Waals surface area contributed by atoms with Crippen molar-refractivity contribution in [3.63, 3.8) is 0 Å². The standard InChI is InChI=1S/C12H15BrN2O5S/c1-15(8-12(17)18)11(16)5-6-14-21(19,20)10-4-2-3-9(13)7-10/h2-4,7,14H,5-6,8H2,1H3,(H,17,18). The monoisotopic (exact) mass is 378 g/mol. The van der Waals surface area contributed by atoms with E-state index in [2.05, 4.69) is 20.7 Å². The van der Waals surface area contributed by atoms with Crippen molar-refractivity contribution in [2.75, 3.05) is 20.1 Å². The van der Waals surface area contributed by atoms with E-state index in [-0.39, 0.29) is 17.9 Å². The molecule has 0 unspecified atom stereocenters. The average molecular weight is 379 g/mol. The number of amides is 1. The highest BCUT2D eigenvalue weighted by Gasteiger charge is 2.16. The number of hydrogen-bond acceptors (Lipinski definition) is 4. The van der Waals surface area contributed by atoms with Crippen LogP contribution in [0.2, 0.25) is 0 Å². The van der Waals surface area contributed by atoms with Crippen molar-refractivity contribution in [2.45, 2.75) is 11.3 Å². The second-order valence-electron chi connectivity index (χ2n) is 4.25. The van der Waals surface area contributed by atoms with Gasteiger partial charge in [0.2, 0.25) is 15.9 Å². The first-order chi connectivity index (χ1) is 9.72. The number of benzene rings is 1. The SMILES string of the molecule is CN(CC(=O)O)C(=O)CCNS(=O)(=O)c1cccc(Br)c1. The zero-order chi connectivity index (χ0) is 16.0. The molecule has 21 heavy (non-hydrogen) atoms. The Morgan fingerprint density at radius 2 is 2.05 bits per heavy atom. The Morgan fingerprint density at radius 1 is 1.38 bits per heavy atom. The van der Waals surface area contributed by atoms with Crippen LogP contribution in [0.25, 0.3) is 0 Å². The molecule has 0 aliphatic heterocycles. The maximum atomic E-state index is 12.0. The minimum absolute atomic E-state index is 0.0863. The molecule has 0 bridgehead atoms. The molecule has 0 saturated heterocycles. The van der Waals surface area contributed by atoms with Crippen LogP contribution in [0.15, 0.2) is 33.6 Å². The third-order valence-electron chi connectivity index (χ3n) is 2.54. The van der Waals surface area contributed by atoms with Crippen molar-refractivity contribution >= 4 is 37.8 Å². The average Bonchev–Trinajstić information content (AvgIpc) is 2.37. The summed E-state index contributed by atoms with van der Waals surface area (Å²) in [5, 5.41) is 8.55. The lowest BCUT2D eigenvalue weighted by Gasteiger charge is -2.14. The second-order valence-corrected chi connectivity index (χ2v) is 6.93. The Labute approximate surface area is 131 Å². The van der Waals surface area contributed by atoms with Gasteiger partial charge in [0.05, 0.1) is 4.90 Å². The number of halogens is 1. The summed E-state index contributed by atoms with van der Waals surface area (Å²) in [6, 6.07) is 6.17. The van der Waals surface area contributed by atoms with Crippen molar-refractivity contribution in [3.8, 4) is 0 Å². The van der Waals surface area contributed by atoms with Crippen LogP contribution < -0.4 is 4.72 Å². The molecule has 7 nitrogen and oxygen atoms in total. The smallest absolute Gasteiger partial charge is 0.323 e. The summed E-state index contributed by atoms with van der Waals surface area (Å²) >= 11 is 3.18. The fourth-order valence-electron chi connectivity index (χ4n) is 1.49. The van der Waals surface area contributed by atoms with Gasteiger partial charge < -0.3 is 10.0 Å². The number of carboxylic acid groups (broad SMARTS) is 1. The lowest BCUT2D eigenvalue weighted by atomic mass is 10.4. The molecule has 2 N–H and O–H groups in total. The van der Waals surface area contributed by atoms with E-state index in [0.29, 0.717) is 4.47 Å². The van der Waals surface area contributed by atoms with Crippen LogP contribution in [0.3, 0.4) is 0 Å². The lowest BCUT2D eigenvalue weighted by molar-refractivity contribution is -0.143. The molecule has 0 aliphatic rings. The molecule has 0 heterocycles. The normalized spacial score (nSPS) is 11.1.